The third kappa shape index (κ3) is 2.30. The van der Waals surface area contributed by atoms with Crippen LogP contribution >= 0.6 is 0 Å². The number of carbonyl (C=O) groups excluding carboxylic acids is 2. The van der Waals surface area contributed by atoms with Gasteiger partial charge in [-0.25, -0.2) is 4.79 Å². The summed E-state index contributed by atoms with van der Waals surface area (Å²) in [5.74, 6) is -3.08. The van der Waals surface area contributed by atoms with E-state index in [-0.39, 0.29) is 13.0 Å². The zero-order valence-corrected chi connectivity index (χ0v) is 8.79. The number of likely N-dealkylation sites (tertiary alicyclic amines) is 1. The fourth-order valence-electron chi connectivity index (χ4n) is 1.79. The lowest BCUT2D eigenvalue weighted by molar-refractivity contribution is -0.152. The zero-order valence-electron chi connectivity index (χ0n) is 8.79. The highest BCUT2D eigenvalue weighted by molar-refractivity contribution is 5.91. The summed E-state index contributed by atoms with van der Waals surface area (Å²) >= 11 is 0. The summed E-state index contributed by atoms with van der Waals surface area (Å²) in [6, 6.07) is -1.32. The predicted octanol–water partition coefficient (Wildman–Crippen LogP) is -1.85. The van der Waals surface area contributed by atoms with E-state index >= 15 is 0 Å². The van der Waals surface area contributed by atoms with Gasteiger partial charge in [0.1, 0.15) is 0 Å². The monoisotopic (exact) mass is 230 g/mol. The van der Waals surface area contributed by atoms with Crippen molar-refractivity contribution in [1.29, 1.82) is 0 Å². The molecule has 1 aliphatic rings. The number of carboxylic acids is 1. The topological polar surface area (TPSA) is 121 Å². The minimum atomic E-state index is -1.32. The van der Waals surface area contributed by atoms with Crippen LogP contribution in [0.4, 0.5) is 0 Å². The quantitative estimate of drug-likeness (QED) is 0.523. The molecule has 1 aliphatic heterocycles. The van der Waals surface area contributed by atoms with Crippen LogP contribution in [0.3, 0.4) is 0 Å². The number of aliphatic hydroxyl groups excluding tert-OH is 1. The molecule has 0 aromatic heterocycles. The fourth-order valence-corrected chi connectivity index (χ4v) is 1.79. The maximum absolute atomic E-state index is 11.5. The molecular formula is C9H14N2O5. The molecule has 7 nitrogen and oxygen atoms in total. The molecule has 7 heteroatoms. The molecule has 0 bridgehead atoms. The van der Waals surface area contributed by atoms with Crippen LogP contribution in [-0.2, 0) is 14.4 Å². The van der Waals surface area contributed by atoms with Crippen LogP contribution in [0.5, 0.6) is 0 Å². The van der Waals surface area contributed by atoms with Crippen molar-refractivity contribution in [2.24, 2.45) is 11.7 Å². The van der Waals surface area contributed by atoms with Crippen LogP contribution < -0.4 is 5.73 Å². The van der Waals surface area contributed by atoms with Crippen molar-refractivity contribution in [1.82, 2.24) is 4.90 Å². The highest BCUT2D eigenvalue weighted by Gasteiger charge is 2.41. The van der Waals surface area contributed by atoms with Gasteiger partial charge in [0.15, 0.2) is 6.04 Å². The van der Waals surface area contributed by atoms with Gasteiger partial charge in [0, 0.05) is 13.0 Å². The number of carboxylic acid groups (broad SMARTS) is 1. The first kappa shape index (κ1) is 12.4. The van der Waals surface area contributed by atoms with Crippen molar-refractivity contribution < 1.29 is 24.6 Å². The summed E-state index contributed by atoms with van der Waals surface area (Å²) in [7, 11) is 0. The first-order chi connectivity index (χ1) is 7.34. The zero-order chi connectivity index (χ0) is 12.5. The maximum atomic E-state index is 11.5. The lowest BCUT2D eigenvalue weighted by Gasteiger charge is -2.26. The van der Waals surface area contributed by atoms with Crippen molar-refractivity contribution in [2.75, 3.05) is 6.54 Å². The van der Waals surface area contributed by atoms with E-state index < -0.39 is 35.8 Å². The molecule has 1 saturated heterocycles. The lowest BCUT2D eigenvalue weighted by atomic mass is 10.1. The van der Waals surface area contributed by atoms with E-state index in [1.807, 2.05) is 0 Å². The number of aliphatic carboxylic acids is 1. The molecule has 4 N–H and O–H groups in total. The third-order valence-electron chi connectivity index (χ3n) is 2.61. The Morgan fingerprint density at radius 3 is 2.44 bits per heavy atom. The Kier molecular flexibility index (Phi) is 3.48. The van der Waals surface area contributed by atoms with Crippen molar-refractivity contribution in [3.05, 3.63) is 0 Å². The molecule has 1 rings (SSSR count). The Labute approximate surface area is 91.8 Å². The van der Waals surface area contributed by atoms with Gasteiger partial charge >= 0.3 is 5.97 Å². The van der Waals surface area contributed by atoms with E-state index in [2.05, 4.69) is 0 Å². The Bertz CT molecular complexity index is 328. The minimum absolute atomic E-state index is 0.0456. The largest absolute Gasteiger partial charge is 0.480 e. The highest BCUT2D eigenvalue weighted by Crippen LogP contribution is 2.21. The molecule has 0 aromatic rings. The number of nitrogens with two attached hydrogens (primary N) is 1. The number of rotatable bonds is 4. The van der Waals surface area contributed by atoms with E-state index in [9.17, 15) is 19.5 Å². The smallest absolute Gasteiger partial charge is 0.329 e. The third-order valence-corrected chi connectivity index (χ3v) is 2.61. The van der Waals surface area contributed by atoms with Crippen LogP contribution in [0, 0.1) is 5.92 Å². The number of hydrogen-bond acceptors (Lipinski definition) is 4. The van der Waals surface area contributed by atoms with Gasteiger partial charge in [0.05, 0.1) is 12.0 Å². The molecule has 16 heavy (non-hydrogen) atoms. The molecule has 0 saturated carbocycles. The van der Waals surface area contributed by atoms with Gasteiger partial charge < -0.3 is 20.8 Å². The van der Waals surface area contributed by atoms with Crippen LogP contribution in [-0.4, -0.2) is 51.6 Å². The molecular weight excluding hydrogens is 216 g/mol. The minimum Gasteiger partial charge on any atom is -0.480 e. The average molecular weight is 230 g/mol. The molecule has 0 aromatic carbocycles. The van der Waals surface area contributed by atoms with Crippen molar-refractivity contribution >= 4 is 17.8 Å². The summed E-state index contributed by atoms with van der Waals surface area (Å²) in [5.41, 5.74) is 5.05. The Morgan fingerprint density at radius 1 is 1.56 bits per heavy atom. The standard InChI is InChI=1S/C9H14N2O5/c1-4(12)7(9(15)16)11-3-5(8(10)14)2-6(11)13/h4-5,7,12H,2-3H2,1H3,(H2,10,14)(H,15,16). The number of aliphatic hydroxyl groups is 1. The maximum Gasteiger partial charge on any atom is 0.329 e. The van der Waals surface area contributed by atoms with Crippen LogP contribution in [0.25, 0.3) is 0 Å². The molecule has 90 valence electrons. The van der Waals surface area contributed by atoms with Crippen LogP contribution in [0.1, 0.15) is 13.3 Å². The second kappa shape index (κ2) is 4.48. The molecule has 3 unspecified atom stereocenters. The highest BCUT2D eigenvalue weighted by atomic mass is 16.4. The van der Waals surface area contributed by atoms with Gasteiger partial charge in [-0.15, -0.1) is 0 Å². The van der Waals surface area contributed by atoms with Gasteiger partial charge in [0.25, 0.3) is 0 Å². The Morgan fingerprint density at radius 2 is 2.12 bits per heavy atom. The first-order valence-corrected chi connectivity index (χ1v) is 4.84. The predicted molar refractivity (Wildman–Crippen MR) is 52.1 cm³/mol. The Balaban J connectivity index is 2.84. The number of primary amides is 1. The van der Waals surface area contributed by atoms with Crippen LogP contribution in [0.2, 0.25) is 0 Å². The summed E-state index contributed by atoms with van der Waals surface area (Å²) in [5, 5.41) is 18.2. The van der Waals surface area contributed by atoms with E-state index in [0.29, 0.717) is 0 Å². The number of carbonyl (C=O) groups is 3. The molecule has 0 radical (unpaired) electrons. The second-order valence-corrected chi connectivity index (χ2v) is 3.87. The number of hydrogen-bond donors (Lipinski definition) is 3. The summed E-state index contributed by atoms with van der Waals surface area (Å²) in [6.45, 7) is 1.24. The SMILES string of the molecule is CC(O)C(C(=O)O)N1CC(C(N)=O)CC1=O. The van der Waals surface area contributed by atoms with E-state index in [0.717, 1.165) is 4.90 Å². The molecule has 1 heterocycles. The number of nitrogens with zero attached hydrogens (tertiary/aromatic N) is 1. The van der Waals surface area contributed by atoms with Crippen molar-refractivity contribution in [3.8, 4) is 0 Å². The number of amides is 2. The van der Waals surface area contributed by atoms with Gasteiger partial charge in [-0.1, -0.05) is 0 Å². The molecule has 0 aliphatic carbocycles. The summed E-state index contributed by atoms with van der Waals surface area (Å²) < 4.78 is 0. The first-order valence-electron chi connectivity index (χ1n) is 4.84. The van der Waals surface area contributed by atoms with Crippen LogP contribution in [0.15, 0.2) is 0 Å². The van der Waals surface area contributed by atoms with Gasteiger partial charge in [-0.3, -0.25) is 9.59 Å². The fraction of sp³-hybridized carbons (Fsp3) is 0.667. The lowest BCUT2D eigenvalue weighted by Crippen LogP contribution is -2.49. The van der Waals surface area contributed by atoms with Gasteiger partial charge in [0.2, 0.25) is 11.8 Å². The van der Waals surface area contributed by atoms with Gasteiger partial charge in [-0.05, 0) is 6.92 Å². The van der Waals surface area contributed by atoms with E-state index in [1.54, 1.807) is 0 Å². The molecule has 3 atom stereocenters. The molecule has 1 fully saturated rings. The normalized spacial score (nSPS) is 24.2. The van der Waals surface area contributed by atoms with E-state index in [1.165, 1.54) is 6.92 Å². The summed E-state index contributed by atoms with van der Waals surface area (Å²) in [4.78, 5) is 34.2. The Hall–Kier alpha value is -1.63. The average Bonchev–Trinajstić information content (AvgIpc) is 2.47. The van der Waals surface area contributed by atoms with E-state index in [4.69, 9.17) is 10.8 Å². The molecule has 0 spiro atoms. The summed E-state index contributed by atoms with van der Waals surface area (Å²) in [6.07, 6.45) is -1.29. The van der Waals surface area contributed by atoms with Gasteiger partial charge in [-0.2, -0.15) is 0 Å². The van der Waals surface area contributed by atoms with Crippen molar-refractivity contribution in [3.63, 3.8) is 0 Å². The van der Waals surface area contributed by atoms with Crippen molar-refractivity contribution in [2.45, 2.75) is 25.5 Å². The molecule has 2 amide bonds. The second-order valence-electron chi connectivity index (χ2n) is 3.87.